The van der Waals surface area contributed by atoms with E-state index in [0.29, 0.717) is 6.10 Å². The predicted molar refractivity (Wildman–Crippen MR) is 68.8 cm³/mol. The Morgan fingerprint density at radius 2 is 2.31 bits per heavy atom. The zero-order valence-electron chi connectivity index (χ0n) is 10.0. The largest absolute Gasteiger partial charge is 0.489 e. The highest BCUT2D eigenvalue weighted by atomic mass is 16.5. The SMILES string of the molecule is C=Cc1cccc2c1OC(CCCCC)C2. The van der Waals surface area contributed by atoms with Crippen LogP contribution in [0.5, 0.6) is 5.75 Å². The molecule has 0 saturated carbocycles. The molecule has 2 rings (SSSR count). The minimum Gasteiger partial charge on any atom is -0.489 e. The molecule has 0 amide bonds. The van der Waals surface area contributed by atoms with E-state index in [1.165, 1.54) is 31.2 Å². The molecule has 1 nitrogen and oxygen atoms in total. The molecule has 1 heterocycles. The second-order valence-corrected chi connectivity index (χ2v) is 4.48. The van der Waals surface area contributed by atoms with Gasteiger partial charge in [-0.05, 0) is 18.4 Å². The Balaban J connectivity index is 2.00. The van der Waals surface area contributed by atoms with Crippen LogP contribution in [0, 0.1) is 0 Å². The topological polar surface area (TPSA) is 9.23 Å². The highest BCUT2D eigenvalue weighted by Crippen LogP contribution is 2.34. The quantitative estimate of drug-likeness (QED) is 0.670. The molecule has 1 heteroatoms. The van der Waals surface area contributed by atoms with E-state index in [2.05, 4.69) is 31.7 Å². The Labute approximate surface area is 98.1 Å². The zero-order valence-corrected chi connectivity index (χ0v) is 10.0. The van der Waals surface area contributed by atoms with Crippen molar-refractivity contribution in [2.75, 3.05) is 0 Å². The number of hydrogen-bond donors (Lipinski definition) is 0. The average Bonchev–Trinajstić information content (AvgIpc) is 2.71. The van der Waals surface area contributed by atoms with Crippen molar-refractivity contribution in [2.45, 2.75) is 45.1 Å². The molecule has 0 fully saturated rings. The Hall–Kier alpha value is -1.24. The lowest BCUT2D eigenvalue weighted by atomic mass is 10.0. The molecule has 86 valence electrons. The number of fused-ring (bicyclic) bond motifs is 1. The Morgan fingerprint density at radius 3 is 3.06 bits per heavy atom. The summed E-state index contributed by atoms with van der Waals surface area (Å²) >= 11 is 0. The summed E-state index contributed by atoms with van der Waals surface area (Å²) in [4.78, 5) is 0. The third-order valence-electron chi connectivity index (χ3n) is 3.21. The molecule has 0 bridgehead atoms. The first-order valence-electron chi connectivity index (χ1n) is 6.26. The number of benzene rings is 1. The third kappa shape index (κ3) is 2.29. The molecule has 1 aromatic rings. The fraction of sp³-hybridized carbons (Fsp3) is 0.467. The van der Waals surface area contributed by atoms with Crippen molar-refractivity contribution in [3.05, 3.63) is 35.9 Å². The standard InChI is InChI=1S/C15H20O/c1-3-5-6-10-14-11-13-9-7-8-12(4-2)15(13)16-14/h4,7-9,14H,2-3,5-6,10-11H2,1H3. The molecule has 1 aromatic carbocycles. The van der Waals surface area contributed by atoms with Gasteiger partial charge in [-0.3, -0.25) is 0 Å². The summed E-state index contributed by atoms with van der Waals surface area (Å²) in [6, 6.07) is 6.33. The fourth-order valence-corrected chi connectivity index (χ4v) is 2.31. The smallest absolute Gasteiger partial charge is 0.130 e. The molecule has 0 radical (unpaired) electrons. The summed E-state index contributed by atoms with van der Waals surface area (Å²) in [6.45, 7) is 6.07. The Bertz CT molecular complexity index is 368. The summed E-state index contributed by atoms with van der Waals surface area (Å²) in [5, 5.41) is 0. The first-order valence-corrected chi connectivity index (χ1v) is 6.26. The van der Waals surface area contributed by atoms with Gasteiger partial charge >= 0.3 is 0 Å². The molecule has 1 unspecified atom stereocenters. The zero-order chi connectivity index (χ0) is 11.4. The van der Waals surface area contributed by atoms with Crippen molar-refractivity contribution >= 4 is 6.08 Å². The van der Waals surface area contributed by atoms with Gasteiger partial charge < -0.3 is 4.74 Å². The van der Waals surface area contributed by atoms with Gasteiger partial charge in [-0.15, -0.1) is 0 Å². The number of para-hydroxylation sites is 1. The predicted octanol–water partition coefficient (Wildman–Crippen LogP) is 4.21. The number of rotatable bonds is 5. The maximum atomic E-state index is 6.00. The van der Waals surface area contributed by atoms with Crippen LogP contribution < -0.4 is 4.74 Å². The van der Waals surface area contributed by atoms with Gasteiger partial charge in [-0.1, -0.05) is 50.6 Å². The lowest BCUT2D eigenvalue weighted by molar-refractivity contribution is 0.216. The second-order valence-electron chi connectivity index (χ2n) is 4.48. The van der Waals surface area contributed by atoms with Crippen LogP contribution >= 0.6 is 0 Å². The second kappa shape index (κ2) is 5.20. The summed E-state index contributed by atoms with van der Waals surface area (Å²) in [7, 11) is 0. The lowest BCUT2D eigenvalue weighted by Crippen LogP contribution is -2.12. The number of unbranched alkanes of at least 4 members (excludes halogenated alkanes) is 2. The molecule has 1 aliphatic rings. The van der Waals surface area contributed by atoms with Gasteiger partial charge in [-0.2, -0.15) is 0 Å². The van der Waals surface area contributed by atoms with Crippen LogP contribution in [0.3, 0.4) is 0 Å². The van der Waals surface area contributed by atoms with Crippen molar-refractivity contribution in [1.82, 2.24) is 0 Å². The molecule has 0 N–H and O–H groups in total. The summed E-state index contributed by atoms with van der Waals surface area (Å²) in [5.41, 5.74) is 2.48. The van der Waals surface area contributed by atoms with Crippen molar-refractivity contribution < 1.29 is 4.74 Å². The van der Waals surface area contributed by atoms with Gasteiger partial charge in [0.2, 0.25) is 0 Å². The maximum Gasteiger partial charge on any atom is 0.130 e. The van der Waals surface area contributed by atoms with Crippen LogP contribution in [0.2, 0.25) is 0 Å². The van der Waals surface area contributed by atoms with Crippen LogP contribution in [-0.4, -0.2) is 6.10 Å². The molecule has 16 heavy (non-hydrogen) atoms. The number of hydrogen-bond acceptors (Lipinski definition) is 1. The molecular formula is C15H20O. The Kier molecular flexibility index (Phi) is 3.66. The van der Waals surface area contributed by atoms with Crippen molar-refractivity contribution in [3.63, 3.8) is 0 Å². The van der Waals surface area contributed by atoms with E-state index in [1.54, 1.807) is 0 Å². The van der Waals surface area contributed by atoms with E-state index in [4.69, 9.17) is 4.74 Å². The van der Waals surface area contributed by atoms with Gasteiger partial charge in [0, 0.05) is 12.0 Å². The van der Waals surface area contributed by atoms with Crippen LogP contribution in [0.4, 0.5) is 0 Å². The first-order chi connectivity index (χ1) is 7.85. The number of ether oxygens (including phenoxy) is 1. The molecule has 0 spiro atoms. The van der Waals surface area contributed by atoms with Gasteiger partial charge in [0.15, 0.2) is 0 Å². The van der Waals surface area contributed by atoms with E-state index in [0.717, 1.165) is 17.7 Å². The van der Waals surface area contributed by atoms with Crippen molar-refractivity contribution in [1.29, 1.82) is 0 Å². The third-order valence-corrected chi connectivity index (χ3v) is 3.21. The molecule has 0 aromatic heterocycles. The van der Waals surface area contributed by atoms with E-state index in [1.807, 2.05) is 6.08 Å². The minimum atomic E-state index is 0.391. The first kappa shape index (κ1) is 11.3. The van der Waals surface area contributed by atoms with Crippen LogP contribution in [0.15, 0.2) is 24.8 Å². The highest BCUT2D eigenvalue weighted by molar-refractivity contribution is 5.59. The van der Waals surface area contributed by atoms with Gasteiger partial charge in [0.25, 0.3) is 0 Å². The fourth-order valence-electron chi connectivity index (χ4n) is 2.31. The normalized spacial score (nSPS) is 17.9. The van der Waals surface area contributed by atoms with Crippen LogP contribution in [0.25, 0.3) is 6.08 Å². The van der Waals surface area contributed by atoms with E-state index >= 15 is 0 Å². The summed E-state index contributed by atoms with van der Waals surface area (Å²) in [5.74, 6) is 1.07. The summed E-state index contributed by atoms with van der Waals surface area (Å²) < 4.78 is 6.00. The van der Waals surface area contributed by atoms with Crippen LogP contribution in [0.1, 0.15) is 43.7 Å². The molecule has 0 aliphatic carbocycles. The molecule has 0 saturated heterocycles. The lowest BCUT2D eigenvalue weighted by Gasteiger charge is -2.10. The van der Waals surface area contributed by atoms with Gasteiger partial charge in [-0.25, -0.2) is 0 Å². The van der Waals surface area contributed by atoms with E-state index in [9.17, 15) is 0 Å². The van der Waals surface area contributed by atoms with Crippen molar-refractivity contribution in [3.8, 4) is 5.75 Å². The average molecular weight is 216 g/mol. The molecule has 1 atom stereocenters. The monoisotopic (exact) mass is 216 g/mol. The maximum absolute atomic E-state index is 6.00. The van der Waals surface area contributed by atoms with Crippen LogP contribution in [-0.2, 0) is 6.42 Å². The minimum absolute atomic E-state index is 0.391. The van der Waals surface area contributed by atoms with E-state index < -0.39 is 0 Å². The Morgan fingerprint density at radius 1 is 1.44 bits per heavy atom. The van der Waals surface area contributed by atoms with E-state index in [-0.39, 0.29) is 0 Å². The highest BCUT2D eigenvalue weighted by Gasteiger charge is 2.23. The molecular weight excluding hydrogens is 196 g/mol. The van der Waals surface area contributed by atoms with Gasteiger partial charge in [0.1, 0.15) is 11.9 Å². The van der Waals surface area contributed by atoms with Crippen molar-refractivity contribution in [2.24, 2.45) is 0 Å². The summed E-state index contributed by atoms with van der Waals surface area (Å²) in [6.07, 6.45) is 8.39. The molecule has 1 aliphatic heterocycles. The van der Waals surface area contributed by atoms with Gasteiger partial charge in [0.05, 0.1) is 0 Å².